The number of hydrogen-bond acceptors (Lipinski definition) is 6. The average molecular weight is 536 g/mol. The smallest absolute Gasteiger partial charge is 0.409 e. The maximum atomic E-state index is 13.1. The standard InChI is InChI=1S/C26H34ClN3O5S/c1-2-34-26(31)29-16-14-28(15-17-29)18-21-9-11-23(12-10-21)35-20-22-6-5-13-30(19-22)36(32,33)25-8-4-3-7-24(25)27/h3-4,7-12,22H,2,5-6,13-20H2,1H3/t22-/m0/s1. The van der Waals surface area contributed by atoms with E-state index in [4.69, 9.17) is 21.1 Å². The topological polar surface area (TPSA) is 79.4 Å². The van der Waals surface area contributed by atoms with Gasteiger partial charge in [-0.25, -0.2) is 13.2 Å². The summed E-state index contributed by atoms with van der Waals surface area (Å²) in [4.78, 5) is 16.1. The second-order valence-corrected chi connectivity index (χ2v) is 11.5. The van der Waals surface area contributed by atoms with Gasteiger partial charge in [0.25, 0.3) is 0 Å². The number of sulfonamides is 1. The van der Waals surface area contributed by atoms with E-state index < -0.39 is 10.0 Å². The van der Waals surface area contributed by atoms with Crippen LogP contribution in [-0.2, 0) is 21.3 Å². The van der Waals surface area contributed by atoms with Crippen LogP contribution in [0.1, 0.15) is 25.3 Å². The minimum atomic E-state index is -3.63. The van der Waals surface area contributed by atoms with Crippen LogP contribution in [0.15, 0.2) is 53.4 Å². The number of halogens is 1. The van der Waals surface area contributed by atoms with Gasteiger partial charge in [-0.2, -0.15) is 4.31 Å². The van der Waals surface area contributed by atoms with E-state index in [9.17, 15) is 13.2 Å². The van der Waals surface area contributed by atoms with Gasteiger partial charge < -0.3 is 14.4 Å². The second kappa shape index (κ2) is 12.3. The second-order valence-electron chi connectivity index (χ2n) is 9.22. The molecule has 2 saturated heterocycles. The molecule has 0 N–H and O–H groups in total. The summed E-state index contributed by atoms with van der Waals surface area (Å²) in [5.41, 5.74) is 1.18. The summed E-state index contributed by atoms with van der Waals surface area (Å²) in [5, 5.41) is 0.247. The van der Waals surface area contributed by atoms with Gasteiger partial charge in [-0.3, -0.25) is 4.90 Å². The molecule has 0 radical (unpaired) electrons. The van der Waals surface area contributed by atoms with Gasteiger partial charge >= 0.3 is 6.09 Å². The van der Waals surface area contributed by atoms with Gasteiger partial charge in [0, 0.05) is 51.7 Å². The zero-order chi connectivity index (χ0) is 25.5. The third-order valence-corrected chi connectivity index (χ3v) is 9.01. The van der Waals surface area contributed by atoms with Crippen LogP contribution in [0.25, 0.3) is 0 Å². The summed E-state index contributed by atoms with van der Waals surface area (Å²) < 4.78 is 38.8. The first-order valence-electron chi connectivity index (χ1n) is 12.5. The summed E-state index contributed by atoms with van der Waals surface area (Å²) in [6.07, 6.45) is 1.48. The number of hydrogen-bond donors (Lipinski definition) is 0. The van der Waals surface area contributed by atoms with Crippen molar-refractivity contribution in [1.29, 1.82) is 0 Å². The molecule has 196 valence electrons. The molecule has 2 aromatic carbocycles. The van der Waals surface area contributed by atoms with E-state index in [-0.39, 0.29) is 21.9 Å². The van der Waals surface area contributed by atoms with Crippen LogP contribution in [0, 0.1) is 5.92 Å². The lowest BCUT2D eigenvalue weighted by molar-refractivity contribution is 0.0778. The monoisotopic (exact) mass is 535 g/mol. The van der Waals surface area contributed by atoms with Gasteiger partial charge in [0.05, 0.1) is 18.2 Å². The number of carbonyl (C=O) groups is 1. The third-order valence-electron chi connectivity index (χ3n) is 6.65. The third kappa shape index (κ3) is 6.70. The minimum Gasteiger partial charge on any atom is -0.493 e. The number of carbonyl (C=O) groups excluding carboxylic acids is 1. The van der Waals surface area contributed by atoms with Crippen molar-refractivity contribution in [1.82, 2.24) is 14.1 Å². The Morgan fingerprint density at radius 3 is 2.44 bits per heavy atom. The Balaban J connectivity index is 1.25. The molecule has 10 heteroatoms. The molecule has 0 spiro atoms. The fourth-order valence-electron chi connectivity index (χ4n) is 4.64. The lowest BCUT2D eigenvalue weighted by Gasteiger charge is -2.34. The van der Waals surface area contributed by atoms with Gasteiger partial charge in [0.2, 0.25) is 10.0 Å². The lowest BCUT2D eigenvalue weighted by atomic mass is 10.0. The quantitative estimate of drug-likeness (QED) is 0.506. The van der Waals surface area contributed by atoms with Crippen molar-refractivity contribution in [3.05, 3.63) is 59.1 Å². The summed E-state index contributed by atoms with van der Waals surface area (Å²) in [6, 6.07) is 14.6. The van der Waals surface area contributed by atoms with Crippen molar-refractivity contribution in [2.24, 2.45) is 5.92 Å². The van der Waals surface area contributed by atoms with Gasteiger partial charge in [0.15, 0.2) is 0 Å². The molecular weight excluding hydrogens is 502 g/mol. The van der Waals surface area contributed by atoms with Crippen molar-refractivity contribution in [2.45, 2.75) is 31.2 Å². The van der Waals surface area contributed by atoms with E-state index in [1.807, 2.05) is 19.1 Å². The van der Waals surface area contributed by atoms with Crippen molar-refractivity contribution < 1.29 is 22.7 Å². The zero-order valence-corrected chi connectivity index (χ0v) is 22.2. The van der Waals surface area contributed by atoms with Crippen LogP contribution < -0.4 is 4.74 Å². The molecule has 0 saturated carbocycles. The molecular formula is C26H34ClN3O5S. The summed E-state index contributed by atoms with van der Waals surface area (Å²) >= 11 is 6.16. The Kier molecular flexibility index (Phi) is 9.11. The lowest BCUT2D eigenvalue weighted by Crippen LogP contribution is -2.48. The predicted molar refractivity (Wildman–Crippen MR) is 139 cm³/mol. The number of benzene rings is 2. The van der Waals surface area contributed by atoms with Crippen LogP contribution in [0.5, 0.6) is 5.75 Å². The highest BCUT2D eigenvalue weighted by atomic mass is 35.5. The first-order valence-corrected chi connectivity index (χ1v) is 14.3. The molecule has 1 atom stereocenters. The summed E-state index contributed by atoms with van der Waals surface area (Å²) in [5.74, 6) is 0.892. The van der Waals surface area contributed by atoms with E-state index in [2.05, 4.69) is 17.0 Å². The number of ether oxygens (including phenoxy) is 2. The molecule has 0 bridgehead atoms. The molecule has 2 aromatic rings. The van der Waals surface area contributed by atoms with Gasteiger partial charge in [-0.15, -0.1) is 0 Å². The number of rotatable bonds is 8. The highest BCUT2D eigenvalue weighted by Gasteiger charge is 2.31. The van der Waals surface area contributed by atoms with Gasteiger partial charge in [-0.1, -0.05) is 35.9 Å². The van der Waals surface area contributed by atoms with E-state index in [1.165, 1.54) is 9.87 Å². The summed E-state index contributed by atoms with van der Waals surface area (Å²) in [7, 11) is -3.63. The van der Waals surface area contributed by atoms with Crippen molar-refractivity contribution >= 4 is 27.7 Å². The SMILES string of the molecule is CCOC(=O)N1CCN(Cc2ccc(OC[C@H]3CCCN(S(=O)(=O)c4ccccc4Cl)C3)cc2)CC1. The Labute approximate surface area is 218 Å². The maximum Gasteiger partial charge on any atom is 0.409 e. The molecule has 8 nitrogen and oxygen atoms in total. The molecule has 2 aliphatic rings. The van der Waals surface area contributed by atoms with Crippen LogP contribution in [0.3, 0.4) is 0 Å². The van der Waals surface area contributed by atoms with E-state index in [0.717, 1.165) is 38.2 Å². The normalized spacial score (nSPS) is 19.7. The molecule has 0 aromatic heterocycles. The molecule has 2 aliphatic heterocycles. The first-order chi connectivity index (χ1) is 17.4. The van der Waals surface area contributed by atoms with Gasteiger partial charge in [-0.05, 0) is 49.6 Å². The minimum absolute atomic E-state index is 0.117. The van der Waals surface area contributed by atoms with E-state index in [0.29, 0.717) is 39.4 Å². The average Bonchev–Trinajstić information content (AvgIpc) is 2.89. The fourth-order valence-corrected chi connectivity index (χ4v) is 6.69. The Bertz CT molecular complexity index is 1120. The summed E-state index contributed by atoms with van der Waals surface area (Å²) in [6.45, 7) is 7.37. The Morgan fingerprint density at radius 1 is 1.03 bits per heavy atom. The number of amides is 1. The fraction of sp³-hybridized carbons (Fsp3) is 0.500. The Morgan fingerprint density at radius 2 is 1.75 bits per heavy atom. The largest absolute Gasteiger partial charge is 0.493 e. The van der Waals surface area contributed by atoms with Crippen LogP contribution in [0.2, 0.25) is 5.02 Å². The number of piperazine rings is 1. The number of piperidine rings is 1. The van der Waals surface area contributed by atoms with Crippen LogP contribution in [-0.4, -0.2) is 81.1 Å². The highest BCUT2D eigenvalue weighted by molar-refractivity contribution is 7.89. The van der Waals surface area contributed by atoms with Gasteiger partial charge in [0.1, 0.15) is 10.6 Å². The molecule has 0 unspecified atom stereocenters. The van der Waals surface area contributed by atoms with Crippen LogP contribution in [0.4, 0.5) is 4.79 Å². The Hall–Kier alpha value is -2.33. The molecule has 36 heavy (non-hydrogen) atoms. The number of nitrogens with zero attached hydrogens (tertiary/aromatic N) is 3. The predicted octanol–water partition coefficient (Wildman–Crippen LogP) is 4.09. The molecule has 0 aliphatic carbocycles. The highest BCUT2D eigenvalue weighted by Crippen LogP contribution is 2.28. The molecule has 1 amide bonds. The molecule has 2 fully saturated rings. The van der Waals surface area contributed by atoms with E-state index in [1.54, 1.807) is 29.2 Å². The maximum absolute atomic E-state index is 13.1. The van der Waals surface area contributed by atoms with E-state index >= 15 is 0 Å². The molecule has 2 heterocycles. The zero-order valence-electron chi connectivity index (χ0n) is 20.6. The van der Waals surface area contributed by atoms with Crippen LogP contribution >= 0.6 is 11.6 Å². The van der Waals surface area contributed by atoms with Crippen molar-refractivity contribution in [3.8, 4) is 5.75 Å². The molecule has 4 rings (SSSR count). The van der Waals surface area contributed by atoms with Crippen molar-refractivity contribution in [2.75, 3.05) is 52.5 Å². The first kappa shape index (κ1) is 26.7. The van der Waals surface area contributed by atoms with Crippen molar-refractivity contribution in [3.63, 3.8) is 0 Å².